The molecule has 0 radical (unpaired) electrons. The molecule has 0 saturated carbocycles. The number of benzene rings is 1. The molecule has 0 heterocycles. The summed E-state index contributed by atoms with van der Waals surface area (Å²) >= 11 is 1.63. The smallest absolute Gasteiger partial charge is 0.188 e. The van der Waals surface area contributed by atoms with E-state index in [-0.39, 0.29) is 5.82 Å². The molecule has 0 bridgehead atoms. The molecule has 1 aromatic carbocycles. The molecule has 3 nitrogen and oxygen atoms in total. The first-order valence-corrected chi connectivity index (χ1v) is 6.51. The maximum absolute atomic E-state index is 12.6. The lowest BCUT2D eigenvalue weighted by Gasteiger charge is -2.08. The predicted molar refractivity (Wildman–Crippen MR) is 71.9 cm³/mol. The molecule has 1 aromatic rings. The van der Waals surface area contributed by atoms with Gasteiger partial charge in [0.2, 0.25) is 0 Å². The molecule has 0 aliphatic carbocycles. The van der Waals surface area contributed by atoms with Crippen LogP contribution < -0.4 is 11.1 Å². The molecule has 0 atom stereocenters. The van der Waals surface area contributed by atoms with Gasteiger partial charge in [-0.05, 0) is 38.1 Å². The molecular formula is C12H18FN3S. The number of guanidine groups is 1. The Bertz CT molecular complexity index is 363. The quantitative estimate of drug-likeness (QED) is 0.367. The Hall–Kier alpha value is -1.23. The van der Waals surface area contributed by atoms with Gasteiger partial charge in [0.15, 0.2) is 5.96 Å². The van der Waals surface area contributed by atoms with Crippen molar-refractivity contribution in [3.63, 3.8) is 0 Å². The van der Waals surface area contributed by atoms with Crippen LogP contribution in [0.4, 0.5) is 4.39 Å². The second kappa shape index (κ2) is 7.17. The minimum atomic E-state index is -0.210. The maximum atomic E-state index is 12.6. The number of nitrogens with one attached hydrogen (secondary N) is 1. The van der Waals surface area contributed by atoms with E-state index in [1.165, 1.54) is 12.1 Å². The normalized spacial score (nSPS) is 11.9. The van der Waals surface area contributed by atoms with Gasteiger partial charge in [-0.1, -0.05) is 0 Å². The number of thioether (sulfide) groups is 1. The highest BCUT2D eigenvalue weighted by molar-refractivity contribution is 7.99. The minimum absolute atomic E-state index is 0.210. The molecule has 0 fully saturated rings. The highest BCUT2D eigenvalue weighted by Gasteiger charge is 1.96. The summed E-state index contributed by atoms with van der Waals surface area (Å²) in [7, 11) is 0. The summed E-state index contributed by atoms with van der Waals surface area (Å²) in [6.45, 7) is 4.67. The van der Waals surface area contributed by atoms with E-state index in [2.05, 4.69) is 10.3 Å². The molecule has 0 aromatic heterocycles. The van der Waals surface area contributed by atoms with Gasteiger partial charge < -0.3 is 11.1 Å². The van der Waals surface area contributed by atoms with Crippen molar-refractivity contribution < 1.29 is 4.39 Å². The highest BCUT2D eigenvalue weighted by atomic mass is 32.2. The van der Waals surface area contributed by atoms with Crippen molar-refractivity contribution in [2.24, 2.45) is 10.7 Å². The van der Waals surface area contributed by atoms with Crippen molar-refractivity contribution in [2.75, 3.05) is 12.3 Å². The molecule has 5 heteroatoms. The fourth-order valence-corrected chi connectivity index (χ4v) is 1.95. The molecule has 0 aliphatic heterocycles. The van der Waals surface area contributed by atoms with Crippen molar-refractivity contribution in [1.82, 2.24) is 5.32 Å². The Morgan fingerprint density at radius 3 is 2.65 bits per heavy atom. The molecule has 0 spiro atoms. The highest BCUT2D eigenvalue weighted by Crippen LogP contribution is 2.17. The minimum Gasteiger partial charge on any atom is -0.370 e. The fourth-order valence-electron chi connectivity index (χ4n) is 1.20. The van der Waals surface area contributed by atoms with Crippen LogP contribution in [0.2, 0.25) is 0 Å². The Balaban J connectivity index is 2.26. The average Bonchev–Trinajstić information content (AvgIpc) is 2.26. The molecule has 0 amide bonds. The lowest BCUT2D eigenvalue weighted by Crippen LogP contribution is -2.36. The van der Waals surface area contributed by atoms with Gasteiger partial charge in [0.25, 0.3) is 0 Å². The molecule has 1 rings (SSSR count). The lowest BCUT2D eigenvalue weighted by atomic mass is 10.4. The Labute approximate surface area is 106 Å². The van der Waals surface area contributed by atoms with Gasteiger partial charge in [-0.25, -0.2) is 4.39 Å². The monoisotopic (exact) mass is 255 g/mol. The number of hydrogen-bond acceptors (Lipinski definition) is 2. The molecule has 17 heavy (non-hydrogen) atoms. The molecule has 0 unspecified atom stereocenters. The topological polar surface area (TPSA) is 50.4 Å². The van der Waals surface area contributed by atoms with Crippen molar-refractivity contribution >= 4 is 17.7 Å². The van der Waals surface area contributed by atoms with E-state index in [4.69, 9.17) is 5.73 Å². The fraction of sp³-hybridized carbons (Fsp3) is 0.417. The summed E-state index contributed by atoms with van der Waals surface area (Å²) in [4.78, 5) is 5.22. The van der Waals surface area contributed by atoms with Crippen LogP contribution in [0.3, 0.4) is 0 Å². The van der Waals surface area contributed by atoms with Crippen LogP contribution in [-0.2, 0) is 0 Å². The standard InChI is InChI=1S/C12H18FN3S/c1-9(2)16-12(14)15-7-8-17-11-5-3-10(13)4-6-11/h3-6,9H,7-8H2,1-2H3,(H3,14,15,16). The van der Waals surface area contributed by atoms with Crippen LogP contribution in [-0.4, -0.2) is 24.3 Å². The van der Waals surface area contributed by atoms with Gasteiger partial charge in [-0.2, -0.15) is 0 Å². The van der Waals surface area contributed by atoms with Gasteiger partial charge in [-0.3, -0.25) is 4.99 Å². The summed E-state index contributed by atoms with van der Waals surface area (Å²) in [6.07, 6.45) is 0. The largest absolute Gasteiger partial charge is 0.370 e. The zero-order chi connectivity index (χ0) is 12.7. The van der Waals surface area contributed by atoms with E-state index >= 15 is 0 Å². The first-order valence-electron chi connectivity index (χ1n) is 5.53. The Morgan fingerprint density at radius 2 is 2.06 bits per heavy atom. The van der Waals surface area contributed by atoms with E-state index < -0.39 is 0 Å². The molecular weight excluding hydrogens is 237 g/mol. The third-order valence-electron chi connectivity index (χ3n) is 1.89. The van der Waals surface area contributed by atoms with Crippen molar-refractivity contribution in [2.45, 2.75) is 24.8 Å². The van der Waals surface area contributed by atoms with Gasteiger partial charge >= 0.3 is 0 Å². The van der Waals surface area contributed by atoms with Gasteiger partial charge in [0.05, 0.1) is 6.54 Å². The van der Waals surface area contributed by atoms with Crippen LogP contribution in [0.5, 0.6) is 0 Å². The summed E-state index contributed by atoms with van der Waals surface area (Å²) in [5.74, 6) is 1.09. The van der Waals surface area contributed by atoms with E-state index in [0.717, 1.165) is 10.6 Å². The number of aliphatic imine (C=N–C) groups is 1. The average molecular weight is 255 g/mol. The first-order chi connectivity index (χ1) is 8.08. The van der Waals surface area contributed by atoms with E-state index in [1.54, 1.807) is 23.9 Å². The van der Waals surface area contributed by atoms with Crippen molar-refractivity contribution in [3.05, 3.63) is 30.1 Å². The van der Waals surface area contributed by atoms with Crippen LogP contribution in [0.1, 0.15) is 13.8 Å². The van der Waals surface area contributed by atoms with Crippen LogP contribution in [0.25, 0.3) is 0 Å². The molecule has 94 valence electrons. The predicted octanol–water partition coefficient (Wildman–Crippen LogP) is 2.23. The molecule has 0 aliphatic rings. The molecule has 0 saturated heterocycles. The third-order valence-corrected chi connectivity index (χ3v) is 2.88. The van der Waals surface area contributed by atoms with Gasteiger partial charge in [0, 0.05) is 16.7 Å². The number of nitrogens with two attached hydrogens (primary N) is 1. The lowest BCUT2D eigenvalue weighted by molar-refractivity contribution is 0.626. The number of nitrogens with zero attached hydrogens (tertiary/aromatic N) is 1. The van der Waals surface area contributed by atoms with Crippen molar-refractivity contribution in [1.29, 1.82) is 0 Å². The summed E-state index contributed by atoms with van der Waals surface area (Å²) in [5, 5.41) is 3.02. The summed E-state index contributed by atoms with van der Waals surface area (Å²) in [6, 6.07) is 6.74. The Morgan fingerprint density at radius 1 is 1.41 bits per heavy atom. The zero-order valence-electron chi connectivity index (χ0n) is 10.1. The van der Waals surface area contributed by atoms with Gasteiger partial charge in [0.1, 0.15) is 5.82 Å². The summed E-state index contributed by atoms with van der Waals surface area (Å²) in [5.41, 5.74) is 5.65. The summed E-state index contributed by atoms with van der Waals surface area (Å²) < 4.78 is 12.6. The van der Waals surface area contributed by atoms with Crippen molar-refractivity contribution in [3.8, 4) is 0 Å². The van der Waals surface area contributed by atoms with Crippen LogP contribution in [0.15, 0.2) is 34.2 Å². The second-order valence-electron chi connectivity index (χ2n) is 3.87. The van der Waals surface area contributed by atoms with Gasteiger partial charge in [-0.15, -0.1) is 11.8 Å². The number of rotatable bonds is 5. The molecule has 3 N–H and O–H groups in total. The first kappa shape index (κ1) is 13.8. The second-order valence-corrected chi connectivity index (χ2v) is 5.04. The van der Waals surface area contributed by atoms with E-state index in [9.17, 15) is 4.39 Å². The van der Waals surface area contributed by atoms with E-state index in [1.807, 2.05) is 13.8 Å². The number of hydrogen-bond donors (Lipinski definition) is 2. The van der Waals surface area contributed by atoms with E-state index in [0.29, 0.717) is 18.5 Å². The van der Waals surface area contributed by atoms with Crippen LogP contribution >= 0.6 is 11.8 Å². The SMILES string of the molecule is CC(C)NC(N)=NCCSc1ccc(F)cc1. The zero-order valence-corrected chi connectivity index (χ0v) is 10.9. The van der Waals surface area contributed by atoms with Crippen LogP contribution in [0, 0.1) is 5.82 Å². The Kier molecular flexibility index (Phi) is 5.83. The number of halogens is 1. The maximum Gasteiger partial charge on any atom is 0.188 e. The third kappa shape index (κ3) is 6.16.